The quantitative estimate of drug-likeness (QED) is 0.0207. The van der Waals surface area contributed by atoms with Gasteiger partial charge in [-0.25, -0.2) is 19.9 Å². The van der Waals surface area contributed by atoms with E-state index in [9.17, 15) is 82.8 Å². The molecule has 40 heteroatoms. The van der Waals surface area contributed by atoms with Crippen LogP contribution >= 0.6 is 45.3 Å². The van der Waals surface area contributed by atoms with Crippen molar-refractivity contribution in [2.24, 2.45) is 22.2 Å². The Kier molecular flexibility index (Phi) is 39.3. The third-order valence-electron chi connectivity index (χ3n) is 25.5. The van der Waals surface area contributed by atoms with E-state index in [1.165, 1.54) is 58.8 Å². The molecule has 4 aliphatic heterocycles. The van der Waals surface area contributed by atoms with Crippen molar-refractivity contribution in [2.75, 3.05) is 40.3 Å². The molecule has 776 valence electrons. The van der Waals surface area contributed by atoms with Crippen LogP contribution in [0.5, 0.6) is 0 Å². The highest BCUT2D eigenvalue weighted by molar-refractivity contribution is 7.14. The average Bonchev–Trinajstić information content (AvgIpc) is 1.64. The summed E-state index contributed by atoms with van der Waals surface area (Å²) in [5.41, 5.74) is 17.5. The second-order valence-electron chi connectivity index (χ2n) is 40.6. The van der Waals surface area contributed by atoms with Crippen LogP contribution in [-0.4, -0.2) is 249 Å². The Hall–Kier alpha value is -12.4. The fourth-order valence-corrected chi connectivity index (χ4v) is 21.0. The van der Waals surface area contributed by atoms with E-state index in [1.807, 2.05) is 219 Å². The molecule has 9 aromatic rings. The number of hydrogen-bond acceptors (Lipinski definition) is 27. The molecule has 5 aromatic heterocycles. The molecule has 13 amide bonds. The van der Waals surface area contributed by atoms with Crippen LogP contribution in [0.2, 0.25) is 0 Å². The summed E-state index contributed by atoms with van der Waals surface area (Å²) in [6.07, 6.45) is -2.79. The van der Waals surface area contributed by atoms with Gasteiger partial charge in [-0.05, 0) is 108 Å². The summed E-state index contributed by atoms with van der Waals surface area (Å²) >= 11 is 6.26. The number of aryl methyl sites for hydroxylation is 5. The lowest BCUT2D eigenvalue weighted by molar-refractivity contribution is -0.144. The van der Waals surface area contributed by atoms with Gasteiger partial charge < -0.3 is 92.4 Å². The van der Waals surface area contributed by atoms with Crippen molar-refractivity contribution in [3.63, 3.8) is 0 Å². The lowest BCUT2D eigenvalue weighted by Gasteiger charge is -2.35. The number of nitrogens with zero attached hydrogens (tertiary/aromatic N) is 9. The minimum atomic E-state index is -0.942. The lowest BCUT2D eigenvalue weighted by Crippen LogP contribution is -2.57. The predicted molar refractivity (Wildman–Crippen MR) is 551 cm³/mol. The number of carbonyl (C=O) groups excluding carboxylic acids is 13. The van der Waals surface area contributed by atoms with Crippen molar-refractivity contribution in [1.82, 2.24) is 92.5 Å². The second-order valence-corrected chi connectivity index (χ2v) is 44.0. The van der Waals surface area contributed by atoms with E-state index in [1.54, 1.807) is 65.1 Å². The van der Waals surface area contributed by atoms with Crippen molar-refractivity contribution >= 4 is 122 Å². The number of nitrogens with one attached hydrogen (secondary N) is 9. The first-order valence-electron chi connectivity index (χ1n) is 48.0. The molecule has 4 aromatic carbocycles. The minimum absolute atomic E-state index is 0.000893. The molecule has 0 bridgehead atoms. The van der Waals surface area contributed by atoms with Gasteiger partial charge in [0.1, 0.15) is 54.0 Å². The molecule has 9 heterocycles. The van der Waals surface area contributed by atoms with Crippen LogP contribution in [0.25, 0.3) is 41.8 Å². The van der Waals surface area contributed by atoms with Crippen molar-refractivity contribution in [3.05, 3.63) is 182 Å². The topological polar surface area (TPSA) is 502 Å². The lowest BCUT2D eigenvalue weighted by atomic mass is 9.85. The van der Waals surface area contributed by atoms with E-state index in [4.69, 9.17) is 4.52 Å². The van der Waals surface area contributed by atoms with Crippen molar-refractivity contribution < 1.29 is 87.3 Å². The van der Waals surface area contributed by atoms with E-state index in [-0.39, 0.29) is 136 Å². The zero-order valence-corrected chi connectivity index (χ0v) is 89.1. The number of aliphatic hydroxyl groups is 4. The van der Waals surface area contributed by atoms with Gasteiger partial charge in [-0.3, -0.25) is 62.3 Å². The summed E-state index contributed by atoms with van der Waals surface area (Å²) in [4.78, 5) is 194. The van der Waals surface area contributed by atoms with Gasteiger partial charge in [0.05, 0.1) is 125 Å². The van der Waals surface area contributed by atoms with Gasteiger partial charge in [0.2, 0.25) is 76.8 Å². The van der Waals surface area contributed by atoms with Gasteiger partial charge >= 0.3 is 0 Å². The summed E-state index contributed by atoms with van der Waals surface area (Å²) in [6, 6.07) is 25.4. The van der Waals surface area contributed by atoms with Gasteiger partial charge in [-0.1, -0.05) is 178 Å². The Balaban J connectivity index is 0.000000198. The number of β-amino-alcohol motifs (C(OH)–C–C–N with tert-alkyl or cyclic N) is 4. The first-order valence-corrected chi connectivity index (χ1v) is 51.6. The first kappa shape index (κ1) is 114. The maximum Gasteiger partial charge on any atom is 0.246 e. The standard InChI is InChI=1S/C28H35N5O5S.C27H37N5O5S.C25H34N4O4S.C24H32N4O4S/c1-15(2)25(23-10-16(3)32-38-23)28(37)33-13-20(34)11-22(33)27(36)31-21(12-24(35)29-5)18-6-8-19(9-7-18)26-17(4)30-14-39-26;1-15-23(38-14-29-15)18-9-7-17(8-10-18)20(12-22(35)28-6)31-25(36)21-11-19(34)13-32(21)26(37)24(27(3,4)5)30-16(2)33;1-14(17-7-9-18(10-8-17)21-15(2)26-13-34-21)27-23(32)20-11-19(31)12-29(20)24(33)22(25(4,5)6)28-16(3)30;1-14-20(33-13-26-14)17-8-6-16(7-9-17)11-25-22(31)19-10-18(30)12-28(19)23(32)21(24(3,4)5)27-15(2)29/h6-10,14-15,20-22,25,34H,11-13H2,1-5H3,(H,29,35)(H,31,36);7-10,14,19-21,24,34H,11-13H2,1-6H3,(H,28,35)(H,30,33)(H,31,36);7-10,13-14,19-20,22,31H,11-12H2,1-6H3,(H,27,32)(H,28,30);6-9,13,18-19,21,30H,10-12H2,1-5H3,(H,25,31)(H,27,29)/t20-,21+,22+,25-;19-,20+,21+,24-;14-,19+,20-,22+;18-,19+,21-/m1101/s1. The average molecular weight is 2060 g/mol. The number of aromatic nitrogens is 5. The molecule has 15 atom stereocenters. The van der Waals surface area contributed by atoms with Gasteiger partial charge in [0.25, 0.3) is 0 Å². The minimum Gasteiger partial charge on any atom is -0.391 e. The predicted octanol–water partition coefficient (Wildman–Crippen LogP) is 10.1. The number of carbonyl (C=O) groups is 13. The van der Waals surface area contributed by atoms with Gasteiger partial charge in [-0.15, -0.1) is 45.3 Å². The van der Waals surface area contributed by atoms with Crippen molar-refractivity contribution in [1.29, 1.82) is 0 Å². The van der Waals surface area contributed by atoms with E-state index >= 15 is 0 Å². The van der Waals surface area contributed by atoms with Crippen molar-refractivity contribution in [3.8, 4) is 41.8 Å². The number of amides is 13. The third-order valence-corrected chi connectivity index (χ3v) is 29.5. The Morgan fingerprint density at radius 1 is 0.396 bits per heavy atom. The molecule has 4 aliphatic rings. The molecule has 0 saturated carbocycles. The molecule has 4 saturated heterocycles. The van der Waals surface area contributed by atoms with Crippen LogP contribution in [-0.2, 0) is 68.9 Å². The van der Waals surface area contributed by atoms with E-state index in [0.717, 1.165) is 86.8 Å². The molecular weight excluding hydrogens is 1920 g/mol. The summed E-state index contributed by atoms with van der Waals surface area (Å²) in [7, 11) is 3.07. The van der Waals surface area contributed by atoms with Gasteiger partial charge in [0, 0.05) is 99.3 Å². The normalized spacial score (nSPS) is 19.2. The van der Waals surface area contributed by atoms with Crippen LogP contribution in [0.4, 0.5) is 0 Å². The summed E-state index contributed by atoms with van der Waals surface area (Å²) in [5.74, 6) is -4.81. The monoisotopic (exact) mass is 2050 g/mol. The highest BCUT2D eigenvalue weighted by atomic mass is 32.1. The fourth-order valence-electron chi connectivity index (χ4n) is 17.8. The molecule has 13 rings (SSSR count). The number of hydrogen-bond donors (Lipinski definition) is 13. The molecular formula is C104H138N18O18S4. The van der Waals surface area contributed by atoms with E-state index < -0.39 is 119 Å². The molecule has 36 nitrogen and oxygen atoms in total. The smallest absolute Gasteiger partial charge is 0.246 e. The van der Waals surface area contributed by atoms with Crippen molar-refractivity contribution in [2.45, 2.75) is 274 Å². The van der Waals surface area contributed by atoms with E-state index in [0.29, 0.717) is 18.0 Å². The summed E-state index contributed by atoms with van der Waals surface area (Å²) < 4.78 is 5.41. The van der Waals surface area contributed by atoms with Crippen LogP contribution in [0.3, 0.4) is 0 Å². The molecule has 4 fully saturated rings. The largest absolute Gasteiger partial charge is 0.391 e. The van der Waals surface area contributed by atoms with Crippen LogP contribution in [0.1, 0.15) is 223 Å². The number of aliphatic hydroxyl groups excluding tert-OH is 4. The fraction of sp³-hybridized carbons (Fsp3) is 0.500. The third kappa shape index (κ3) is 29.9. The number of benzene rings is 4. The molecule has 0 spiro atoms. The summed E-state index contributed by atoms with van der Waals surface area (Å²) in [6.45, 7) is 36.4. The Labute approximate surface area is 856 Å². The Bertz CT molecular complexity index is 5980. The number of rotatable bonds is 29. The van der Waals surface area contributed by atoms with E-state index in [2.05, 4.69) is 72.9 Å². The van der Waals surface area contributed by atoms with Crippen LogP contribution in [0.15, 0.2) is 130 Å². The SMILES string of the molecule is CC(=O)N[C@H](C(=O)N1C[C@H](O)C[C@H]1C(=O)NCc1ccc(-c2scnc2C)cc1)C(C)(C)C.CC(=O)N[C@H](C(=O)N1C[C@H](O)C[C@H]1C(=O)N[C@@H](C)c1ccc(-c2scnc2C)cc1)C(C)(C)C.CNC(=O)C[C@H](NC(=O)[C@@H]1C[C@@H](O)CN1C(=O)[C@@H](NC(C)=O)C(C)(C)C)c1ccc(-c2scnc2C)cc1.CNC(=O)C[C@H](NC(=O)[C@@H]1C[C@@H](O)CN1C(=O)[C@@H](c1cc(C)no1)C(C)C)c1ccc(-c2scnc2C)cc1. The first-order chi connectivity index (χ1) is 67.7. The molecule has 0 unspecified atom stereocenters. The number of thiazole rings is 4. The zero-order valence-electron chi connectivity index (χ0n) is 85.8. The molecule has 0 radical (unpaired) electrons. The molecule has 13 N–H and O–H groups in total. The van der Waals surface area contributed by atoms with Gasteiger partial charge in [-0.2, -0.15) is 0 Å². The van der Waals surface area contributed by atoms with Crippen LogP contribution < -0.4 is 47.9 Å². The van der Waals surface area contributed by atoms with Gasteiger partial charge in [0.15, 0.2) is 0 Å². The maximum absolute atomic E-state index is 13.7. The highest BCUT2D eigenvalue weighted by Gasteiger charge is 2.50. The molecule has 144 heavy (non-hydrogen) atoms. The maximum atomic E-state index is 13.7. The Morgan fingerprint density at radius 2 is 0.681 bits per heavy atom. The summed E-state index contributed by atoms with van der Waals surface area (Å²) in [5, 5.41) is 70.3. The second kappa shape index (κ2) is 49.9. The highest BCUT2D eigenvalue weighted by Crippen LogP contribution is 2.39. The number of likely N-dealkylation sites (tertiary alicyclic amines) is 4. The zero-order chi connectivity index (χ0) is 106. The molecule has 0 aliphatic carbocycles. The van der Waals surface area contributed by atoms with Crippen LogP contribution in [0, 0.1) is 56.8 Å². The Morgan fingerprint density at radius 3 is 0.944 bits per heavy atom.